The Bertz CT molecular complexity index is 550. The molecule has 114 valence electrons. The van der Waals surface area contributed by atoms with E-state index < -0.39 is 0 Å². The predicted octanol–water partition coefficient (Wildman–Crippen LogP) is 2.01. The number of hydrogen-bond donors (Lipinski definition) is 2. The summed E-state index contributed by atoms with van der Waals surface area (Å²) in [5.41, 5.74) is 6.76. The van der Waals surface area contributed by atoms with E-state index in [4.69, 9.17) is 17.3 Å². The molecule has 0 atom stereocenters. The van der Waals surface area contributed by atoms with Gasteiger partial charge in [-0.3, -0.25) is 4.79 Å². The van der Waals surface area contributed by atoms with Gasteiger partial charge >= 0.3 is 6.03 Å². The van der Waals surface area contributed by atoms with E-state index in [2.05, 4.69) is 5.32 Å². The zero-order chi connectivity index (χ0) is 15.4. The Morgan fingerprint density at radius 2 is 2.19 bits per heavy atom. The van der Waals surface area contributed by atoms with Crippen molar-refractivity contribution in [3.63, 3.8) is 0 Å². The molecule has 0 unspecified atom stereocenters. The van der Waals surface area contributed by atoms with Crippen LogP contribution in [-0.4, -0.2) is 48.4 Å². The van der Waals surface area contributed by atoms with Gasteiger partial charge in [0.05, 0.1) is 11.4 Å². The summed E-state index contributed by atoms with van der Waals surface area (Å²) in [6.45, 7) is 2.05. The van der Waals surface area contributed by atoms with Gasteiger partial charge in [0.25, 0.3) is 0 Å². The Hall–Kier alpha value is -1.95. The normalized spacial score (nSPS) is 14.7. The Labute approximate surface area is 128 Å². The largest absolute Gasteiger partial charge is 0.397 e. The van der Waals surface area contributed by atoms with Crippen molar-refractivity contribution in [3.8, 4) is 0 Å². The molecule has 3 amide bonds. The predicted molar refractivity (Wildman–Crippen MR) is 83.3 cm³/mol. The molecule has 2 rings (SSSR count). The van der Waals surface area contributed by atoms with Crippen molar-refractivity contribution in [1.29, 1.82) is 0 Å². The van der Waals surface area contributed by atoms with Gasteiger partial charge in [0.2, 0.25) is 5.91 Å². The second-order valence-corrected chi connectivity index (χ2v) is 5.51. The molecule has 6 nitrogen and oxygen atoms in total. The van der Waals surface area contributed by atoms with E-state index >= 15 is 0 Å². The van der Waals surface area contributed by atoms with Gasteiger partial charge in [-0.1, -0.05) is 11.6 Å². The first-order chi connectivity index (χ1) is 9.97. The highest BCUT2D eigenvalue weighted by atomic mass is 35.5. The molecule has 0 radical (unpaired) electrons. The molecule has 1 saturated heterocycles. The second-order valence-electron chi connectivity index (χ2n) is 5.07. The zero-order valence-corrected chi connectivity index (χ0v) is 12.7. The van der Waals surface area contributed by atoms with Gasteiger partial charge < -0.3 is 20.9 Å². The Morgan fingerprint density at radius 1 is 1.43 bits per heavy atom. The number of anilines is 2. The van der Waals surface area contributed by atoms with Crippen molar-refractivity contribution in [2.75, 3.05) is 37.7 Å². The summed E-state index contributed by atoms with van der Waals surface area (Å²) >= 11 is 5.86. The number of amides is 3. The van der Waals surface area contributed by atoms with E-state index in [0.717, 1.165) is 13.1 Å². The Balaban J connectivity index is 1.77. The van der Waals surface area contributed by atoms with Crippen LogP contribution in [0.3, 0.4) is 0 Å². The first kappa shape index (κ1) is 15.4. The smallest absolute Gasteiger partial charge is 0.319 e. The number of halogens is 1. The maximum atomic E-state index is 11.9. The fourth-order valence-corrected chi connectivity index (χ4v) is 2.36. The summed E-state index contributed by atoms with van der Waals surface area (Å²) in [7, 11) is 1.77. The van der Waals surface area contributed by atoms with Crippen LogP contribution in [0.5, 0.6) is 0 Å². The molecule has 1 aromatic carbocycles. The van der Waals surface area contributed by atoms with Gasteiger partial charge in [0.15, 0.2) is 0 Å². The van der Waals surface area contributed by atoms with E-state index in [9.17, 15) is 9.59 Å². The van der Waals surface area contributed by atoms with Crippen molar-refractivity contribution in [2.45, 2.75) is 12.8 Å². The fraction of sp³-hybridized carbons (Fsp3) is 0.429. The van der Waals surface area contributed by atoms with E-state index in [1.165, 1.54) is 0 Å². The average Bonchev–Trinajstić information content (AvgIpc) is 2.75. The van der Waals surface area contributed by atoms with Crippen LogP contribution in [0.1, 0.15) is 12.8 Å². The van der Waals surface area contributed by atoms with Crippen molar-refractivity contribution in [1.82, 2.24) is 9.80 Å². The first-order valence-corrected chi connectivity index (χ1v) is 7.20. The molecular weight excluding hydrogens is 292 g/mol. The molecule has 1 heterocycles. The number of nitrogens with two attached hydrogens (primary N) is 1. The number of hydrogen-bond acceptors (Lipinski definition) is 3. The number of nitrogens with one attached hydrogen (secondary N) is 1. The fourth-order valence-electron chi connectivity index (χ4n) is 2.19. The van der Waals surface area contributed by atoms with Crippen LogP contribution >= 0.6 is 11.6 Å². The molecule has 0 aromatic heterocycles. The third-order valence-corrected chi connectivity index (χ3v) is 3.66. The maximum Gasteiger partial charge on any atom is 0.319 e. The van der Waals surface area contributed by atoms with Crippen LogP contribution in [0.2, 0.25) is 5.02 Å². The Morgan fingerprint density at radius 3 is 2.86 bits per heavy atom. The van der Waals surface area contributed by atoms with Crippen molar-refractivity contribution >= 4 is 34.9 Å². The van der Waals surface area contributed by atoms with E-state index in [0.29, 0.717) is 35.8 Å². The van der Waals surface area contributed by atoms with Gasteiger partial charge in [-0.15, -0.1) is 0 Å². The molecule has 1 aliphatic heterocycles. The molecule has 3 N–H and O–H groups in total. The zero-order valence-electron chi connectivity index (χ0n) is 11.9. The third-order valence-electron chi connectivity index (χ3n) is 3.42. The van der Waals surface area contributed by atoms with E-state index in [-0.39, 0.29) is 11.9 Å². The summed E-state index contributed by atoms with van der Waals surface area (Å²) < 4.78 is 0. The molecule has 0 spiro atoms. The van der Waals surface area contributed by atoms with Crippen molar-refractivity contribution < 1.29 is 9.59 Å². The molecule has 21 heavy (non-hydrogen) atoms. The lowest BCUT2D eigenvalue weighted by molar-refractivity contribution is -0.116. The summed E-state index contributed by atoms with van der Waals surface area (Å²) in [5, 5.41) is 3.25. The molecule has 0 aliphatic carbocycles. The standard InChI is InChI=1S/C14H19ClN4O2/c1-18-7-8-19(14(18)21)6-2-3-13(20)17-12-9-10(15)4-5-11(12)16/h4-5,9H,2-3,6-8,16H2,1H3,(H,17,20). The van der Waals surface area contributed by atoms with Crippen LogP contribution in [0.4, 0.5) is 16.2 Å². The summed E-state index contributed by atoms with van der Waals surface area (Å²) in [6, 6.07) is 4.96. The minimum atomic E-state index is -0.135. The van der Waals surface area contributed by atoms with Crippen LogP contribution in [0.15, 0.2) is 18.2 Å². The number of rotatable bonds is 5. The number of carbonyl (C=O) groups is 2. The average molecular weight is 311 g/mol. The van der Waals surface area contributed by atoms with Gasteiger partial charge in [-0.25, -0.2) is 4.79 Å². The molecule has 1 fully saturated rings. The molecule has 1 aromatic rings. The number of nitrogens with zero attached hydrogens (tertiary/aromatic N) is 2. The third kappa shape index (κ3) is 4.01. The Kier molecular flexibility index (Phi) is 4.90. The molecule has 0 saturated carbocycles. The van der Waals surface area contributed by atoms with Crippen molar-refractivity contribution in [2.24, 2.45) is 0 Å². The number of likely N-dealkylation sites (N-methyl/N-ethyl adjacent to an activating group) is 1. The molecule has 7 heteroatoms. The summed E-state index contributed by atoms with van der Waals surface area (Å²) in [5.74, 6) is -0.135. The van der Waals surface area contributed by atoms with Crippen LogP contribution < -0.4 is 11.1 Å². The lowest BCUT2D eigenvalue weighted by atomic mass is 10.2. The SMILES string of the molecule is CN1CCN(CCCC(=O)Nc2cc(Cl)ccc2N)C1=O. The number of urea groups is 1. The van der Waals surface area contributed by atoms with E-state index in [1.54, 1.807) is 35.0 Å². The number of carbonyl (C=O) groups excluding carboxylic acids is 2. The minimum absolute atomic E-state index is 0.0227. The lowest BCUT2D eigenvalue weighted by Crippen LogP contribution is -2.30. The molecular formula is C14H19ClN4O2. The highest BCUT2D eigenvalue weighted by Crippen LogP contribution is 2.23. The highest BCUT2D eigenvalue weighted by Gasteiger charge is 2.24. The molecule has 0 bridgehead atoms. The quantitative estimate of drug-likeness (QED) is 0.817. The number of benzene rings is 1. The van der Waals surface area contributed by atoms with E-state index in [1.807, 2.05) is 0 Å². The monoisotopic (exact) mass is 310 g/mol. The second kappa shape index (κ2) is 6.67. The first-order valence-electron chi connectivity index (χ1n) is 6.82. The van der Waals surface area contributed by atoms with Gasteiger partial charge in [0, 0.05) is 38.1 Å². The summed E-state index contributed by atoms with van der Waals surface area (Å²) in [6.07, 6.45) is 0.950. The topological polar surface area (TPSA) is 78.7 Å². The minimum Gasteiger partial charge on any atom is -0.397 e. The maximum absolute atomic E-state index is 11.9. The molecule has 1 aliphatic rings. The van der Waals surface area contributed by atoms with Gasteiger partial charge in [-0.05, 0) is 24.6 Å². The number of nitrogen functional groups attached to an aromatic ring is 1. The van der Waals surface area contributed by atoms with Crippen molar-refractivity contribution in [3.05, 3.63) is 23.2 Å². The van der Waals surface area contributed by atoms with Crippen LogP contribution in [-0.2, 0) is 4.79 Å². The highest BCUT2D eigenvalue weighted by molar-refractivity contribution is 6.31. The van der Waals surface area contributed by atoms with Gasteiger partial charge in [-0.2, -0.15) is 0 Å². The van der Waals surface area contributed by atoms with Crippen LogP contribution in [0, 0.1) is 0 Å². The lowest BCUT2D eigenvalue weighted by Gasteiger charge is -2.15. The van der Waals surface area contributed by atoms with Crippen LogP contribution in [0.25, 0.3) is 0 Å². The summed E-state index contributed by atoms with van der Waals surface area (Å²) in [4.78, 5) is 27.0. The van der Waals surface area contributed by atoms with Gasteiger partial charge in [0.1, 0.15) is 0 Å².